The first-order valence-electron chi connectivity index (χ1n) is 31.4. The number of hydrogen-bond acceptors (Lipinski definition) is 13. The second kappa shape index (κ2) is 55.6. The van der Waals surface area contributed by atoms with Gasteiger partial charge in [0.2, 0.25) is 5.91 Å². The molecule has 0 bridgehead atoms. The molecule has 0 radical (unpaired) electrons. The molecule has 14 heteroatoms. The molecule has 452 valence electrons. The summed E-state index contributed by atoms with van der Waals surface area (Å²) in [6, 6.07) is -0.231. The van der Waals surface area contributed by atoms with Crippen LogP contribution in [0.1, 0.15) is 281 Å². The zero-order valence-electron chi connectivity index (χ0n) is 51.4. The Labute approximate surface area is 471 Å². The van der Waals surface area contributed by atoms with Crippen LogP contribution < -0.4 is 0 Å². The van der Waals surface area contributed by atoms with Crippen LogP contribution in [-0.2, 0) is 57.2 Å². The molecule has 0 spiro atoms. The lowest BCUT2D eigenvalue weighted by Gasteiger charge is -2.32. The minimum absolute atomic E-state index is 0.0251. The molecule has 0 aromatic rings. The first-order chi connectivity index (χ1) is 37.3. The van der Waals surface area contributed by atoms with Gasteiger partial charge in [0.1, 0.15) is 19.0 Å². The zero-order chi connectivity index (χ0) is 57.6. The van der Waals surface area contributed by atoms with Gasteiger partial charge in [0, 0.05) is 26.2 Å². The number of nitrogens with zero attached hydrogens (tertiary/aromatic N) is 2. The Morgan fingerprint density at radius 3 is 1.19 bits per heavy atom. The van der Waals surface area contributed by atoms with Crippen molar-refractivity contribution in [3.63, 3.8) is 0 Å². The molecule has 77 heavy (non-hydrogen) atoms. The summed E-state index contributed by atoms with van der Waals surface area (Å²) in [6.07, 6.45) is 34.9. The van der Waals surface area contributed by atoms with Crippen LogP contribution in [0.4, 0.5) is 0 Å². The second-order valence-corrected chi connectivity index (χ2v) is 21.1. The maximum Gasteiger partial charge on any atom is 0.320 e. The second-order valence-electron chi connectivity index (χ2n) is 21.1. The highest BCUT2D eigenvalue weighted by atomic mass is 16.5. The fourth-order valence-electron chi connectivity index (χ4n) is 8.40. The van der Waals surface area contributed by atoms with Crippen molar-refractivity contribution >= 4 is 35.8 Å². The normalized spacial score (nSPS) is 12.4. The van der Waals surface area contributed by atoms with Crippen molar-refractivity contribution in [3.05, 3.63) is 11.3 Å². The molecule has 1 amide bonds. The summed E-state index contributed by atoms with van der Waals surface area (Å²) < 4.78 is 33.0. The fraction of sp³-hybridized carbons (Fsp3) is 0.873. The highest BCUT2D eigenvalue weighted by Crippen LogP contribution is 2.30. The van der Waals surface area contributed by atoms with Crippen LogP contribution in [0.15, 0.2) is 11.3 Å². The van der Waals surface area contributed by atoms with Gasteiger partial charge in [-0.25, -0.2) is 0 Å². The van der Waals surface area contributed by atoms with Crippen LogP contribution >= 0.6 is 0 Å². The highest BCUT2D eigenvalue weighted by Gasteiger charge is 2.25. The van der Waals surface area contributed by atoms with Gasteiger partial charge in [-0.3, -0.25) is 33.7 Å². The fourth-order valence-corrected chi connectivity index (χ4v) is 8.40. The summed E-state index contributed by atoms with van der Waals surface area (Å²) in [7, 11) is 0. The molecule has 0 aliphatic heterocycles. The van der Waals surface area contributed by atoms with Crippen molar-refractivity contribution in [1.29, 1.82) is 0 Å². The zero-order valence-corrected chi connectivity index (χ0v) is 51.4. The molecule has 14 nitrogen and oxygen atoms in total. The Kier molecular flexibility index (Phi) is 54.5. The summed E-state index contributed by atoms with van der Waals surface area (Å²) >= 11 is 0. The highest BCUT2D eigenvalue weighted by molar-refractivity contribution is 5.75. The van der Waals surface area contributed by atoms with Crippen LogP contribution in [0.5, 0.6) is 0 Å². The average molecular weight is 1100 g/mol. The number of hydrogen-bond donors (Lipinski definition) is 0. The summed E-state index contributed by atoms with van der Waals surface area (Å²) in [5.74, 6) is -0.0292. The van der Waals surface area contributed by atoms with E-state index in [1.165, 1.54) is 110 Å². The van der Waals surface area contributed by atoms with Gasteiger partial charge >= 0.3 is 29.8 Å². The van der Waals surface area contributed by atoms with E-state index in [1.54, 1.807) is 16.7 Å². The first kappa shape index (κ1) is 75.4. The van der Waals surface area contributed by atoms with E-state index in [0.29, 0.717) is 58.2 Å². The number of ether oxygens (including phenoxy) is 6. The average Bonchev–Trinajstić information content (AvgIpc) is 3.39. The SMILES string of the molecule is CCCCCCCCOC(=O)CC.CCCCCCCCOC(=O)CC(C)CC.CCCCCCCCOC(=O)CN(CC(=O)OCCCCCCCC)CC(OCCN(C(C)=O)C(CCC)COC(=O)CC)=C1CCC1. The lowest BCUT2D eigenvalue weighted by Crippen LogP contribution is -2.44. The van der Waals surface area contributed by atoms with Gasteiger partial charge in [-0.15, -0.1) is 0 Å². The maximum atomic E-state index is 12.9. The minimum atomic E-state index is -0.364. The number of esters is 5. The Balaban J connectivity index is 0. The van der Waals surface area contributed by atoms with Crippen molar-refractivity contribution in [2.24, 2.45) is 5.92 Å². The van der Waals surface area contributed by atoms with Crippen LogP contribution in [0, 0.1) is 5.92 Å². The van der Waals surface area contributed by atoms with Gasteiger partial charge in [0.25, 0.3) is 0 Å². The van der Waals surface area contributed by atoms with Crippen LogP contribution in [0.2, 0.25) is 0 Å². The van der Waals surface area contributed by atoms with Crippen LogP contribution in [0.25, 0.3) is 0 Å². The lowest BCUT2D eigenvalue weighted by atomic mass is 9.91. The molecular weight excluding hydrogens is 977 g/mol. The topological polar surface area (TPSA) is 164 Å². The molecule has 1 rings (SSSR count). The van der Waals surface area contributed by atoms with Crippen molar-refractivity contribution < 1.29 is 57.2 Å². The predicted octanol–water partition coefficient (Wildman–Crippen LogP) is 15.1. The van der Waals surface area contributed by atoms with Crippen molar-refractivity contribution in [1.82, 2.24) is 9.80 Å². The van der Waals surface area contributed by atoms with Gasteiger partial charge < -0.3 is 33.3 Å². The number of amides is 1. The standard InChI is InChI=1S/C38H68N2O8.C14H28O2.C11H22O2/c1-6-10-12-14-16-18-25-46-37(43)29-39(30-38(44)47-26-19-17-15-13-11-7-2)28-35(33-22-20-23-33)45-27-24-40(32(5)41)34(21-8-3)31-48-36(42)9-4;1-4-6-7-8-9-10-11-16-14(15)12-13(3)5-2;1-3-5-6-7-8-9-10-13-11(12)4-2/h34H,6-31H2,1-5H3;13H,4-12H2,1-3H3;3-10H2,1-2H3. The molecule has 0 saturated heterocycles. The quantitative estimate of drug-likeness (QED) is 0.0245. The van der Waals surface area contributed by atoms with E-state index < -0.39 is 0 Å². The molecule has 0 heterocycles. The minimum Gasteiger partial charge on any atom is -0.495 e. The van der Waals surface area contributed by atoms with Gasteiger partial charge in [0.05, 0.1) is 58.6 Å². The summed E-state index contributed by atoms with van der Waals surface area (Å²) in [4.78, 5) is 75.7. The summed E-state index contributed by atoms with van der Waals surface area (Å²) in [5.41, 5.74) is 1.16. The third kappa shape index (κ3) is 48.0. The Morgan fingerprint density at radius 1 is 0.442 bits per heavy atom. The van der Waals surface area contributed by atoms with Gasteiger partial charge in [0.15, 0.2) is 0 Å². The predicted molar refractivity (Wildman–Crippen MR) is 312 cm³/mol. The smallest absolute Gasteiger partial charge is 0.320 e. The number of allylic oxidation sites excluding steroid dienone is 1. The molecule has 0 aromatic carbocycles. The van der Waals surface area contributed by atoms with E-state index in [1.807, 2.05) is 13.8 Å². The number of rotatable bonds is 48. The van der Waals surface area contributed by atoms with Gasteiger partial charge in [-0.2, -0.15) is 0 Å². The van der Waals surface area contributed by atoms with Crippen molar-refractivity contribution in [2.75, 3.05) is 65.8 Å². The Hall–Kier alpha value is -3.68. The maximum absolute atomic E-state index is 12.9. The van der Waals surface area contributed by atoms with E-state index in [2.05, 4.69) is 41.5 Å². The van der Waals surface area contributed by atoms with E-state index in [-0.39, 0.29) is 81.1 Å². The summed E-state index contributed by atoms with van der Waals surface area (Å²) in [6.45, 7) is 23.0. The molecule has 1 aliphatic rings. The van der Waals surface area contributed by atoms with E-state index in [0.717, 1.165) is 94.8 Å². The first-order valence-corrected chi connectivity index (χ1v) is 31.4. The molecule has 2 atom stereocenters. The molecule has 1 fully saturated rings. The van der Waals surface area contributed by atoms with E-state index in [9.17, 15) is 28.8 Å². The van der Waals surface area contributed by atoms with E-state index >= 15 is 0 Å². The van der Waals surface area contributed by atoms with Gasteiger partial charge in [-0.1, -0.05) is 204 Å². The van der Waals surface area contributed by atoms with Crippen molar-refractivity contribution in [2.45, 2.75) is 287 Å². The van der Waals surface area contributed by atoms with Crippen molar-refractivity contribution in [3.8, 4) is 0 Å². The molecule has 1 aliphatic carbocycles. The molecule has 0 N–H and O–H groups in total. The molecule has 1 saturated carbocycles. The largest absolute Gasteiger partial charge is 0.495 e. The lowest BCUT2D eigenvalue weighted by molar-refractivity contribution is -0.149. The molecule has 0 aromatic heterocycles. The third-order valence-corrected chi connectivity index (χ3v) is 13.8. The van der Waals surface area contributed by atoms with E-state index in [4.69, 9.17) is 28.4 Å². The Bertz CT molecular complexity index is 1450. The van der Waals surface area contributed by atoms with Crippen LogP contribution in [0.3, 0.4) is 0 Å². The third-order valence-electron chi connectivity index (χ3n) is 13.8. The van der Waals surface area contributed by atoms with Gasteiger partial charge in [-0.05, 0) is 62.9 Å². The van der Waals surface area contributed by atoms with Crippen LogP contribution in [-0.4, -0.2) is 117 Å². The Morgan fingerprint density at radius 2 is 0.831 bits per heavy atom. The monoisotopic (exact) mass is 1090 g/mol. The number of unbranched alkanes of at least 4 members (excludes halogenated alkanes) is 20. The summed E-state index contributed by atoms with van der Waals surface area (Å²) in [5, 5.41) is 0. The molecule has 2 unspecified atom stereocenters. The molecular formula is C63H118N2O12. The number of carbonyl (C=O) groups is 6. The number of carbonyl (C=O) groups excluding carboxylic acids is 6.